The molecule has 0 spiro atoms. The van der Waals surface area contributed by atoms with E-state index < -0.39 is 0 Å². The Kier molecular flexibility index (Phi) is 4.84. The Balaban J connectivity index is 1.71. The van der Waals surface area contributed by atoms with E-state index in [2.05, 4.69) is 27.7 Å². The highest BCUT2D eigenvalue weighted by molar-refractivity contribution is 6.31. The summed E-state index contributed by atoms with van der Waals surface area (Å²) in [5.74, 6) is -0.0402. The predicted molar refractivity (Wildman–Crippen MR) is 95.2 cm³/mol. The van der Waals surface area contributed by atoms with Gasteiger partial charge in [0.25, 0.3) is 0 Å². The molecular formula is C18H20ClN3O. The molecule has 0 saturated heterocycles. The second-order valence-corrected chi connectivity index (χ2v) is 6.15. The van der Waals surface area contributed by atoms with Crippen molar-refractivity contribution >= 4 is 28.9 Å². The maximum atomic E-state index is 12.4. The van der Waals surface area contributed by atoms with E-state index in [9.17, 15) is 4.79 Å². The average molecular weight is 330 g/mol. The molecule has 2 aromatic carbocycles. The van der Waals surface area contributed by atoms with Crippen LogP contribution in [0.25, 0.3) is 0 Å². The van der Waals surface area contributed by atoms with E-state index in [0.29, 0.717) is 11.6 Å². The first-order valence-electron chi connectivity index (χ1n) is 7.73. The van der Waals surface area contributed by atoms with Crippen molar-refractivity contribution in [2.45, 2.75) is 13.5 Å². The number of amides is 1. The van der Waals surface area contributed by atoms with E-state index in [1.165, 1.54) is 5.56 Å². The number of halogens is 1. The van der Waals surface area contributed by atoms with Gasteiger partial charge in [0.1, 0.15) is 0 Å². The Hall–Kier alpha value is -2.04. The molecule has 1 amide bonds. The first-order chi connectivity index (χ1) is 11.1. The number of benzene rings is 2. The van der Waals surface area contributed by atoms with Crippen LogP contribution in [0, 0.1) is 6.92 Å². The van der Waals surface area contributed by atoms with Crippen molar-refractivity contribution < 1.29 is 4.79 Å². The van der Waals surface area contributed by atoms with Gasteiger partial charge in [-0.25, -0.2) is 0 Å². The van der Waals surface area contributed by atoms with Gasteiger partial charge in [-0.3, -0.25) is 4.79 Å². The minimum absolute atomic E-state index is 0.0402. The summed E-state index contributed by atoms with van der Waals surface area (Å²) in [4.78, 5) is 14.5. The molecule has 23 heavy (non-hydrogen) atoms. The van der Waals surface area contributed by atoms with Crippen LogP contribution < -0.4 is 15.5 Å². The largest absolute Gasteiger partial charge is 0.361 e. The lowest BCUT2D eigenvalue weighted by atomic mass is 10.1. The molecular weight excluding hydrogens is 310 g/mol. The molecule has 1 aliphatic heterocycles. The molecule has 1 aliphatic rings. The molecule has 0 atom stereocenters. The number of nitrogens with one attached hydrogen (secondary N) is 2. The fourth-order valence-electron chi connectivity index (χ4n) is 2.74. The standard InChI is InChI=1S/C18H20ClN3O/c1-13-6-7-15(10-16(13)19)21-18(23)12-22-9-8-20-11-14-4-2-3-5-17(14)22/h2-7,10,20H,8-9,11-12H2,1H3,(H,21,23). The number of nitrogens with zero attached hydrogens (tertiary/aromatic N) is 1. The summed E-state index contributed by atoms with van der Waals surface area (Å²) in [5, 5.41) is 6.96. The van der Waals surface area contributed by atoms with Crippen molar-refractivity contribution in [3.63, 3.8) is 0 Å². The normalized spacial score (nSPS) is 14.1. The van der Waals surface area contributed by atoms with E-state index in [0.717, 1.165) is 36.6 Å². The third kappa shape index (κ3) is 3.84. The average Bonchev–Trinajstić information content (AvgIpc) is 2.74. The van der Waals surface area contributed by atoms with Crippen molar-refractivity contribution in [1.29, 1.82) is 0 Å². The lowest BCUT2D eigenvalue weighted by molar-refractivity contribution is -0.115. The number of hydrogen-bond donors (Lipinski definition) is 2. The zero-order chi connectivity index (χ0) is 16.2. The summed E-state index contributed by atoms with van der Waals surface area (Å²) in [6.45, 7) is 4.76. The third-order valence-corrected chi connectivity index (χ3v) is 4.40. The molecule has 0 aromatic heterocycles. The molecule has 0 unspecified atom stereocenters. The molecule has 0 fully saturated rings. The van der Waals surface area contributed by atoms with Crippen LogP contribution in [0.15, 0.2) is 42.5 Å². The SMILES string of the molecule is Cc1ccc(NC(=O)CN2CCNCc3ccccc32)cc1Cl. The zero-order valence-electron chi connectivity index (χ0n) is 13.1. The van der Waals surface area contributed by atoms with Gasteiger partial charge in [-0.05, 0) is 36.2 Å². The summed E-state index contributed by atoms with van der Waals surface area (Å²) < 4.78 is 0. The first kappa shape index (κ1) is 15.8. The number of carbonyl (C=O) groups excluding carboxylic acids is 1. The van der Waals surface area contributed by atoms with Crippen molar-refractivity contribution in [3.8, 4) is 0 Å². The predicted octanol–water partition coefficient (Wildman–Crippen LogP) is 3.20. The molecule has 0 radical (unpaired) electrons. The first-order valence-corrected chi connectivity index (χ1v) is 8.11. The van der Waals surface area contributed by atoms with Gasteiger partial charge in [-0.2, -0.15) is 0 Å². The molecule has 3 rings (SSSR count). The Labute approximate surface area is 141 Å². The fourth-order valence-corrected chi connectivity index (χ4v) is 2.92. The molecule has 120 valence electrons. The molecule has 4 nitrogen and oxygen atoms in total. The minimum atomic E-state index is -0.0402. The van der Waals surface area contributed by atoms with Crippen molar-refractivity contribution in [2.75, 3.05) is 29.9 Å². The number of aryl methyl sites for hydroxylation is 1. The van der Waals surface area contributed by atoms with Crippen molar-refractivity contribution in [2.24, 2.45) is 0 Å². The van der Waals surface area contributed by atoms with Gasteiger partial charge in [-0.15, -0.1) is 0 Å². The third-order valence-electron chi connectivity index (χ3n) is 4.00. The summed E-state index contributed by atoms with van der Waals surface area (Å²) in [7, 11) is 0. The van der Waals surface area contributed by atoms with Gasteiger partial charge < -0.3 is 15.5 Å². The topological polar surface area (TPSA) is 44.4 Å². The maximum Gasteiger partial charge on any atom is 0.243 e. The van der Waals surface area contributed by atoms with Crippen molar-refractivity contribution in [3.05, 3.63) is 58.6 Å². The molecule has 0 saturated carbocycles. The number of carbonyl (C=O) groups is 1. The highest BCUT2D eigenvalue weighted by Crippen LogP contribution is 2.23. The monoisotopic (exact) mass is 329 g/mol. The van der Waals surface area contributed by atoms with Crippen LogP contribution in [0.1, 0.15) is 11.1 Å². The summed E-state index contributed by atoms with van der Waals surface area (Å²) in [6.07, 6.45) is 0. The number of rotatable bonds is 3. The van der Waals surface area contributed by atoms with E-state index in [1.54, 1.807) is 6.07 Å². The Bertz CT molecular complexity index is 717. The van der Waals surface area contributed by atoms with Crippen molar-refractivity contribution in [1.82, 2.24) is 5.32 Å². The molecule has 5 heteroatoms. The van der Waals surface area contributed by atoms with E-state index in [4.69, 9.17) is 11.6 Å². The molecule has 0 aliphatic carbocycles. The van der Waals surface area contributed by atoms with Crippen LogP contribution in [0.5, 0.6) is 0 Å². The second-order valence-electron chi connectivity index (χ2n) is 5.74. The number of hydrogen-bond acceptors (Lipinski definition) is 3. The molecule has 1 heterocycles. The minimum Gasteiger partial charge on any atom is -0.361 e. The molecule has 0 bridgehead atoms. The van der Waals surface area contributed by atoms with Crippen LogP contribution in [0.3, 0.4) is 0 Å². The van der Waals surface area contributed by atoms with Crippen LogP contribution in [0.4, 0.5) is 11.4 Å². The smallest absolute Gasteiger partial charge is 0.243 e. The van der Waals surface area contributed by atoms with Crippen LogP contribution in [-0.2, 0) is 11.3 Å². The van der Waals surface area contributed by atoms with Gasteiger partial charge in [0.15, 0.2) is 0 Å². The molecule has 2 aromatic rings. The van der Waals surface area contributed by atoms with Gasteiger partial charge in [-0.1, -0.05) is 35.9 Å². The maximum absolute atomic E-state index is 12.4. The van der Waals surface area contributed by atoms with E-state index in [1.807, 2.05) is 31.2 Å². The van der Waals surface area contributed by atoms with Gasteiger partial charge in [0, 0.05) is 36.0 Å². The van der Waals surface area contributed by atoms with E-state index >= 15 is 0 Å². The highest BCUT2D eigenvalue weighted by atomic mass is 35.5. The molecule has 2 N–H and O–H groups in total. The van der Waals surface area contributed by atoms with Crippen LogP contribution in [0.2, 0.25) is 5.02 Å². The summed E-state index contributed by atoms with van der Waals surface area (Å²) in [6, 6.07) is 13.8. The van der Waals surface area contributed by atoms with Crippen LogP contribution in [-0.4, -0.2) is 25.5 Å². The summed E-state index contributed by atoms with van der Waals surface area (Å²) in [5.41, 5.74) is 4.06. The van der Waals surface area contributed by atoms with Gasteiger partial charge in [0.2, 0.25) is 5.91 Å². The number of anilines is 2. The fraction of sp³-hybridized carbons (Fsp3) is 0.278. The lowest BCUT2D eigenvalue weighted by Gasteiger charge is -2.24. The quantitative estimate of drug-likeness (QED) is 0.909. The second kappa shape index (κ2) is 7.02. The Morgan fingerprint density at radius 1 is 1.30 bits per heavy atom. The highest BCUT2D eigenvalue weighted by Gasteiger charge is 2.17. The van der Waals surface area contributed by atoms with Gasteiger partial charge >= 0.3 is 0 Å². The van der Waals surface area contributed by atoms with Crippen LogP contribution >= 0.6 is 11.6 Å². The lowest BCUT2D eigenvalue weighted by Crippen LogP contribution is -2.36. The number of fused-ring (bicyclic) bond motifs is 1. The van der Waals surface area contributed by atoms with E-state index in [-0.39, 0.29) is 5.91 Å². The summed E-state index contributed by atoms with van der Waals surface area (Å²) >= 11 is 6.11. The van der Waals surface area contributed by atoms with Gasteiger partial charge in [0.05, 0.1) is 6.54 Å². The number of para-hydroxylation sites is 1. The Morgan fingerprint density at radius 2 is 2.13 bits per heavy atom. The zero-order valence-corrected chi connectivity index (χ0v) is 13.9. The Morgan fingerprint density at radius 3 is 2.96 bits per heavy atom.